The molecular weight excluding hydrogens is 644 g/mol. The monoisotopic (exact) mass is 698 g/mol. The Kier molecular flexibility index (Phi) is 11.9. The Balaban J connectivity index is 1.28. The van der Waals surface area contributed by atoms with Gasteiger partial charge in [0, 0.05) is 82.4 Å². The SMILES string of the molecule is CCC1(CCN(C)Cc2c(O)cc(/C(=C/N(C)C)C3=C(C=O)CCC3)cc2OC)CN(c2cccc3c(C(C=O)CCC(=O)NC)nn(C)c23)C1. The van der Waals surface area contributed by atoms with Crippen LogP contribution in [0.4, 0.5) is 5.69 Å². The van der Waals surface area contributed by atoms with Gasteiger partial charge in [-0.2, -0.15) is 5.10 Å². The maximum Gasteiger partial charge on any atom is 0.219 e. The van der Waals surface area contributed by atoms with Crippen LogP contribution in [0.2, 0.25) is 0 Å². The molecule has 5 rings (SSSR count). The van der Waals surface area contributed by atoms with E-state index in [1.807, 2.05) is 55.1 Å². The van der Waals surface area contributed by atoms with E-state index in [0.717, 1.165) is 114 Å². The smallest absolute Gasteiger partial charge is 0.219 e. The third-order valence-corrected chi connectivity index (χ3v) is 10.8. The topological polar surface area (TPSA) is 120 Å². The van der Waals surface area contributed by atoms with Gasteiger partial charge in [0.1, 0.15) is 24.1 Å². The minimum Gasteiger partial charge on any atom is -0.507 e. The van der Waals surface area contributed by atoms with E-state index in [1.54, 1.807) is 20.2 Å². The van der Waals surface area contributed by atoms with E-state index < -0.39 is 5.92 Å². The van der Waals surface area contributed by atoms with E-state index in [0.29, 0.717) is 18.7 Å². The van der Waals surface area contributed by atoms with Crippen molar-refractivity contribution >= 4 is 40.6 Å². The molecule has 1 aromatic heterocycles. The van der Waals surface area contributed by atoms with Crippen LogP contribution < -0.4 is 15.0 Å². The average molecular weight is 699 g/mol. The Morgan fingerprint density at radius 2 is 1.94 bits per heavy atom. The van der Waals surface area contributed by atoms with Crippen molar-refractivity contribution in [2.75, 3.05) is 59.8 Å². The van der Waals surface area contributed by atoms with Crippen molar-refractivity contribution in [3.8, 4) is 11.5 Å². The molecule has 1 aliphatic heterocycles. The number of hydrogen-bond donors (Lipinski definition) is 2. The number of rotatable bonds is 17. The molecule has 1 atom stereocenters. The first kappa shape index (κ1) is 37.6. The number of nitrogens with zero attached hydrogens (tertiary/aromatic N) is 5. The van der Waals surface area contributed by atoms with E-state index in [4.69, 9.17) is 9.84 Å². The zero-order chi connectivity index (χ0) is 36.9. The number of para-hydroxylation sites is 1. The summed E-state index contributed by atoms with van der Waals surface area (Å²) in [5.41, 5.74) is 7.35. The van der Waals surface area contributed by atoms with Gasteiger partial charge in [0.05, 0.1) is 29.9 Å². The van der Waals surface area contributed by atoms with Gasteiger partial charge in [-0.15, -0.1) is 0 Å². The highest BCUT2D eigenvalue weighted by Crippen LogP contribution is 2.44. The minimum absolute atomic E-state index is 0.0898. The molecule has 51 heavy (non-hydrogen) atoms. The van der Waals surface area contributed by atoms with Crippen LogP contribution >= 0.6 is 0 Å². The third kappa shape index (κ3) is 7.98. The molecule has 3 aromatic rings. The normalized spacial score (nSPS) is 16.4. The molecule has 11 nitrogen and oxygen atoms in total. The Hall–Kier alpha value is -4.64. The maximum absolute atomic E-state index is 12.1. The number of benzene rings is 2. The largest absolute Gasteiger partial charge is 0.507 e. The number of fused-ring (bicyclic) bond motifs is 1. The predicted octanol–water partition coefficient (Wildman–Crippen LogP) is 5.42. The van der Waals surface area contributed by atoms with Gasteiger partial charge in [-0.1, -0.05) is 19.1 Å². The lowest BCUT2D eigenvalue weighted by Crippen LogP contribution is -2.57. The Bertz CT molecular complexity index is 1820. The number of allylic oxidation sites excluding steroid dienone is 3. The molecular formula is C40H54N6O5. The molecule has 0 saturated carbocycles. The molecule has 0 bridgehead atoms. The second-order valence-corrected chi connectivity index (χ2v) is 14.5. The van der Waals surface area contributed by atoms with Crippen LogP contribution in [-0.4, -0.2) is 98.1 Å². The van der Waals surface area contributed by atoms with Crippen molar-refractivity contribution < 1.29 is 24.2 Å². The van der Waals surface area contributed by atoms with Crippen LogP contribution in [0, 0.1) is 5.41 Å². The van der Waals surface area contributed by atoms with Crippen molar-refractivity contribution in [2.24, 2.45) is 12.5 Å². The van der Waals surface area contributed by atoms with E-state index in [1.165, 1.54) is 0 Å². The average Bonchev–Trinajstić information content (AvgIpc) is 3.72. The number of aldehydes is 2. The number of phenolic OH excluding ortho intramolecular Hbond substituents is 1. The number of carbonyl (C=O) groups is 3. The van der Waals surface area contributed by atoms with Gasteiger partial charge in [-0.3, -0.25) is 14.3 Å². The van der Waals surface area contributed by atoms with Crippen LogP contribution in [0.1, 0.15) is 74.6 Å². The molecule has 0 spiro atoms. The van der Waals surface area contributed by atoms with Gasteiger partial charge >= 0.3 is 0 Å². The number of aromatic nitrogens is 2. The quantitative estimate of drug-likeness (QED) is 0.178. The number of methoxy groups -OCH3 is 1. The number of aromatic hydroxyl groups is 1. The number of hydrogen-bond acceptors (Lipinski definition) is 9. The summed E-state index contributed by atoms with van der Waals surface area (Å²) < 4.78 is 7.70. The van der Waals surface area contributed by atoms with E-state index >= 15 is 0 Å². The molecule has 274 valence electrons. The highest BCUT2D eigenvalue weighted by Gasteiger charge is 2.42. The van der Waals surface area contributed by atoms with Crippen LogP contribution in [-0.2, 0) is 28.0 Å². The second-order valence-electron chi connectivity index (χ2n) is 14.5. The Morgan fingerprint density at radius 1 is 1.18 bits per heavy atom. The van der Waals surface area contributed by atoms with Crippen LogP contribution in [0.15, 0.2) is 47.7 Å². The zero-order valence-electron chi connectivity index (χ0n) is 31.3. The van der Waals surface area contributed by atoms with Gasteiger partial charge in [0.2, 0.25) is 5.91 Å². The summed E-state index contributed by atoms with van der Waals surface area (Å²) in [5.74, 6) is 0.268. The number of ether oxygens (including phenoxy) is 1. The molecule has 1 unspecified atom stereocenters. The van der Waals surface area contributed by atoms with Crippen LogP contribution in [0.25, 0.3) is 16.5 Å². The summed E-state index contributed by atoms with van der Waals surface area (Å²) >= 11 is 0. The molecule has 1 saturated heterocycles. The Morgan fingerprint density at radius 3 is 2.59 bits per heavy atom. The molecule has 2 heterocycles. The summed E-state index contributed by atoms with van der Waals surface area (Å²) in [6.45, 7) is 5.45. The first-order chi connectivity index (χ1) is 24.5. The van der Waals surface area contributed by atoms with E-state index in [9.17, 15) is 19.5 Å². The first-order valence-electron chi connectivity index (χ1n) is 18.0. The van der Waals surface area contributed by atoms with E-state index in [2.05, 4.69) is 35.2 Å². The Labute approximate surface area is 301 Å². The zero-order valence-corrected chi connectivity index (χ0v) is 31.3. The molecule has 1 aliphatic carbocycles. The van der Waals surface area contributed by atoms with Gasteiger partial charge in [-0.05, 0) is 87.0 Å². The first-order valence-corrected chi connectivity index (χ1v) is 18.0. The van der Waals surface area contributed by atoms with Gasteiger partial charge in [-0.25, -0.2) is 0 Å². The fourth-order valence-electron chi connectivity index (χ4n) is 7.74. The highest BCUT2D eigenvalue weighted by molar-refractivity contribution is 5.95. The highest BCUT2D eigenvalue weighted by atomic mass is 16.5. The molecule has 0 radical (unpaired) electrons. The van der Waals surface area contributed by atoms with Crippen molar-refractivity contribution in [3.63, 3.8) is 0 Å². The summed E-state index contributed by atoms with van der Waals surface area (Å²) in [6.07, 6.45) is 9.16. The van der Waals surface area contributed by atoms with Gasteiger partial charge < -0.3 is 34.7 Å². The fraction of sp³-hybridized carbons (Fsp3) is 0.500. The predicted molar refractivity (Wildman–Crippen MR) is 202 cm³/mol. The standard InChI is InChI=1S/C40H54N6O5/c1-8-40(25-46(26-40)34-14-10-13-31-38(42-45(6)39(31)34)28(24-48)15-16-37(50)41-2)17-18-44(5)22-33-35(49)19-29(20-36(33)51-7)32(21-43(3)4)30-12-9-11-27(30)23-47/h10,13-14,19-21,23-24,28,49H,8-9,11-12,15-18,22,25-26H2,1-7H3,(H,41,50)/b32-21-. The summed E-state index contributed by atoms with van der Waals surface area (Å²) in [5, 5.41) is 19.7. The van der Waals surface area contributed by atoms with Crippen LogP contribution in [0.3, 0.4) is 0 Å². The second kappa shape index (κ2) is 16.1. The van der Waals surface area contributed by atoms with Crippen molar-refractivity contribution in [3.05, 3.63) is 64.5 Å². The number of amides is 1. The maximum atomic E-state index is 12.1. The number of anilines is 1. The van der Waals surface area contributed by atoms with Crippen LogP contribution in [0.5, 0.6) is 11.5 Å². The molecule has 2 aliphatic rings. The van der Waals surface area contributed by atoms with E-state index in [-0.39, 0.29) is 23.5 Å². The summed E-state index contributed by atoms with van der Waals surface area (Å²) in [6, 6.07) is 9.95. The number of carbonyl (C=O) groups excluding carboxylic acids is 3. The van der Waals surface area contributed by atoms with Gasteiger partial charge in [0.15, 0.2) is 0 Å². The molecule has 2 N–H and O–H groups in total. The summed E-state index contributed by atoms with van der Waals surface area (Å²) in [4.78, 5) is 42.4. The lowest BCUT2D eigenvalue weighted by molar-refractivity contribution is -0.120. The molecule has 11 heteroatoms. The van der Waals surface area contributed by atoms with Crippen molar-refractivity contribution in [2.45, 2.75) is 64.3 Å². The summed E-state index contributed by atoms with van der Waals surface area (Å²) in [7, 11) is 11.1. The minimum atomic E-state index is -0.450. The molecule has 1 fully saturated rings. The third-order valence-electron chi connectivity index (χ3n) is 10.8. The van der Waals surface area contributed by atoms with Crippen molar-refractivity contribution in [1.29, 1.82) is 0 Å². The molecule has 2 aromatic carbocycles. The fourth-order valence-corrected chi connectivity index (χ4v) is 7.74. The molecule has 1 amide bonds. The number of phenols is 1. The van der Waals surface area contributed by atoms with Crippen molar-refractivity contribution in [1.82, 2.24) is 24.9 Å². The lowest BCUT2D eigenvalue weighted by Gasteiger charge is -2.52. The number of aryl methyl sites for hydroxylation is 1. The number of nitrogens with one attached hydrogen (secondary N) is 1. The lowest BCUT2D eigenvalue weighted by atomic mass is 9.74. The van der Waals surface area contributed by atoms with Gasteiger partial charge in [0.25, 0.3) is 0 Å².